The van der Waals surface area contributed by atoms with Crippen molar-refractivity contribution in [3.8, 4) is 0 Å². The Bertz CT molecular complexity index is 189. The van der Waals surface area contributed by atoms with Crippen LogP contribution in [-0.4, -0.2) is 38.1 Å². The lowest BCUT2D eigenvalue weighted by Gasteiger charge is -2.14. The fourth-order valence-electron chi connectivity index (χ4n) is 1.79. The molecule has 1 N–H and O–H groups in total. The first-order valence-electron chi connectivity index (χ1n) is 5.78. The molecule has 0 aromatic carbocycles. The highest BCUT2D eigenvalue weighted by molar-refractivity contribution is 5.09. The highest BCUT2D eigenvalue weighted by atomic mass is 16.5. The summed E-state index contributed by atoms with van der Waals surface area (Å²) in [5, 5.41) is 9.86. The Hall–Kier alpha value is -0.380. The molecule has 0 heterocycles. The Balaban J connectivity index is 2.19. The number of methoxy groups -OCH3 is 1. The van der Waals surface area contributed by atoms with Gasteiger partial charge in [-0.05, 0) is 31.3 Å². The fourth-order valence-corrected chi connectivity index (χ4v) is 1.79. The third-order valence-corrected chi connectivity index (χ3v) is 2.71. The van der Waals surface area contributed by atoms with Crippen molar-refractivity contribution in [1.82, 2.24) is 0 Å². The van der Waals surface area contributed by atoms with Crippen LogP contribution in [0.4, 0.5) is 0 Å². The Labute approximate surface area is 92.1 Å². The van der Waals surface area contributed by atoms with Gasteiger partial charge in [-0.1, -0.05) is 12.5 Å². The molecule has 0 radical (unpaired) electrons. The maximum absolute atomic E-state index is 9.86. The summed E-state index contributed by atoms with van der Waals surface area (Å²) in [6.07, 6.45) is 7.61. The van der Waals surface area contributed by atoms with E-state index in [4.69, 9.17) is 9.47 Å². The van der Waals surface area contributed by atoms with Crippen molar-refractivity contribution in [3.63, 3.8) is 0 Å². The Morgan fingerprint density at radius 3 is 3.00 bits per heavy atom. The number of hydrogen-bond acceptors (Lipinski definition) is 3. The zero-order valence-electron chi connectivity index (χ0n) is 9.58. The third kappa shape index (κ3) is 5.30. The lowest BCUT2D eigenvalue weighted by molar-refractivity contribution is 0.0248. The van der Waals surface area contributed by atoms with Crippen LogP contribution in [0.1, 0.15) is 32.1 Å². The van der Waals surface area contributed by atoms with Crippen molar-refractivity contribution in [2.75, 3.05) is 26.9 Å². The van der Waals surface area contributed by atoms with Crippen molar-refractivity contribution in [3.05, 3.63) is 11.6 Å². The first-order chi connectivity index (χ1) is 7.34. The molecule has 1 aliphatic rings. The molecule has 1 aliphatic carbocycles. The second-order valence-electron chi connectivity index (χ2n) is 3.96. The van der Waals surface area contributed by atoms with E-state index in [0.717, 1.165) is 18.4 Å². The van der Waals surface area contributed by atoms with E-state index in [2.05, 4.69) is 6.08 Å². The predicted octanol–water partition coefficient (Wildman–Crippen LogP) is 1.90. The van der Waals surface area contributed by atoms with E-state index in [0.29, 0.717) is 19.8 Å². The number of allylic oxidation sites excluding steroid dienone is 1. The topological polar surface area (TPSA) is 38.7 Å². The molecule has 15 heavy (non-hydrogen) atoms. The van der Waals surface area contributed by atoms with E-state index in [1.165, 1.54) is 19.3 Å². The van der Waals surface area contributed by atoms with Gasteiger partial charge in [-0.25, -0.2) is 0 Å². The van der Waals surface area contributed by atoms with Crippen LogP contribution in [0.15, 0.2) is 11.6 Å². The van der Waals surface area contributed by atoms with Crippen LogP contribution in [0, 0.1) is 0 Å². The number of ether oxygens (including phenoxy) is 2. The minimum absolute atomic E-state index is 0.398. The lowest BCUT2D eigenvalue weighted by atomic mass is 10.1. The minimum Gasteiger partial charge on any atom is -0.386 e. The van der Waals surface area contributed by atoms with Crippen LogP contribution >= 0.6 is 0 Å². The molecule has 0 aliphatic heterocycles. The molecule has 0 saturated heterocycles. The van der Waals surface area contributed by atoms with Crippen molar-refractivity contribution in [2.45, 2.75) is 38.2 Å². The number of rotatable bonds is 6. The molecule has 0 bridgehead atoms. The fraction of sp³-hybridized carbons (Fsp3) is 0.833. The van der Waals surface area contributed by atoms with Crippen molar-refractivity contribution >= 4 is 0 Å². The van der Waals surface area contributed by atoms with Gasteiger partial charge in [0.1, 0.15) is 0 Å². The first-order valence-corrected chi connectivity index (χ1v) is 5.78. The summed E-state index contributed by atoms with van der Waals surface area (Å²) in [4.78, 5) is 0. The van der Waals surface area contributed by atoms with Gasteiger partial charge in [0.15, 0.2) is 0 Å². The highest BCUT2D eigenvalue weighted by Gasteiger charge is 2.12. The summed E-state index contributed by atoms with van der Waals surface area (Å²) in [5.74, 6) is 0. The molecule has 0 fully saturated rings. The smallest absolute Gasteiger partial charge is 0.0983 e. The molecule has 0 aromatic heterocycles. The van der Waals surface area contributed by atoms with Gasteiger partial charge in [-0.3, -0.25) is 0 Å². The summed E-state index contributed by atoms with van der Waals surface area (Å²) in [7, 11) is 1.65. The van der Waals surface area contributed by atoms with Gasteiger partial charge in [0.25, 0.3) is 0 Å². The van der Waals surface area contributed by atoms with Gasteiger partial charge < -0.3 is 14.6 Å². The van der Waals surface area contributed by atoms with E-state index in [1.54, 1.807) is 7.11 Å². The zero-order valence-corrected chi connectivity index (χ0v) is 9.58. The molecule has 88 valence electrons. The number of aliphatic hydroxyl groups is 1. The molecule has 3 heteroatoms. The molecule has 0 amide bonds. The van der Waals surface area contributed by atoms with E-state index in [-0.39, 0.29) is 0 Å². The SMILES string of the molecule is COCCOCC(O)C1=CCCCCC1. The molecule has 1 atom stereocenters. The maximum atomic E-state index is 9.86. The van der Waals surface area contributed by atoms with Crippen LogP contribution in [0.5, 0.6) is 0 Å². The van der Waals surface area contributed by atoms with Gasteiger partial charge >= 0.3 is 0 Å². The number of hydrogen-bond donors (Lipinski definition) is 1. The van der Waals surface area contributed by atoms with Crippen LogP contribution in [0.25, 0.3) is 0 Å². The summed E-state index contributed by atoms with van der Waals surface area (Å²) in [5.41, 5.74) is 1.16. The maximum Gasteiger partial charge on any atom is 0.0983 e. The van der Waals surface area contributed by atoms with Crippen LogP contribution in [-0.2, 0) is 9.47 Å². The van der Waals surface area contributed by atoms with Crippen molar-refractivity contribution in [2.24, 2.45) is 0 Å². The van der Waals surface area contributed by atoms with E-state index < -0.39 is 6.10 Å². The number of aliphatic hydroxyl groups excluding tert-OH is 1. The summed E-state index contributed by atoms with van der Waals surface area (Å²) in [6.45, 7) is 1.54. The van der Waals surface area contributed by atoms with Gasteiger partial charge in [-0.15, -0.1) is 0 Å². The van der Waals surface area contributed by atoms with E-state index in [1.807, 2.05) is 0 Å². The largest absolute Gasteiger partial charge is 0.386 e. The Kier molecular flexibility index (Phi) is 6.64. The highest BCUT2D eigenvalue weighted by Crippen LogP contribution is 2.19. The molecule has 1 rings (SSSR count). The Morgan fingerprint density at radius 1 is 1.33 bits per heavy atom. The Morgan fingerprint density at radius 2 is 2.20 bits per heavy atom. The predicted molar refractivity (Wildman–Crippen MR) is 59.9 cm³/mol. The molecular formula is C12H22O3. The molecule has 0 aromatic rings. The minimum atomic E-state index is -0.417. The molecular weight excluding hydrogens is 192 g/mol. The van der Waals surface area contributed by atoms with Crippen LogP contribution < -0.4 is 0 Å². The second-order valence-corrected chi connectivity index (χ2v) is 3.96. The second kappa shape index (κ2) is 7.85. The molecule has 0 spiro atoms. The molecule has 3 nitrogen and oxygen atoms in total. The van der Waals surface area contributed by atoms with Crippen LogP contribution in [0.3, 0.4) is 0 Å². The summed E-state index contributed by atoms with van der Waals surface area (Å²) < 4.78 is 10.2. The van der Waals surface area contributed by atoms with Gasteiger partial charge in [0.05, 0.1) is 25.9 Å². The average molecular weight is 214 g/mol. The third-order valence-electron chi connectivity index (χ3n) is 2.71. The zero-order chi connectivity index (χ0) is 10.9. The van der Waals surface area contributed by atoms with Gasteiger partial charge in [0.2, 0.25) is 0 Å². The van der Waals surface area contributed by atoms with E-state index in [9.17, 15) is 5.11 Å². The summed E-state index contributed by atoms with van der Waals surface area (Å²) >= 11 is 0. The van der Waals surface area contributed by atoms with Gasteiger partial charge in [-0.2, -0.15) is 0 Å². The lowest BCUT2D eigenvalue weighted by Crippen LogP contribution is -2.19. The molecule has 0 saturated carbocycles. The average Bonchev–Trinajstić information content (AvgIpc) is 2.52. The monoisotopic (exact) mass is 214 g/mol. The van der Waals surface area contributed by atoms with E-state index >= 15 is 0 Å². The standard InChI is InChI=1S/C12H22O3/c1-14-8-9-15-10-12(13)11-6-4-2-3-5-7-11/h6,12-13H,2-5,7-10H2,1H3. The van der Waals surface area contributed by atoms with Gasteiger partial charge in [0, 0.05) is 7.11 Å². The molecule has 1 unspecified atom stereocenters. The first kappa shape index (κ1) is 12.7. The quantitative estimate of drug-likeness (QED) is 0.542. The van der Waals surface area contributed by atoms with Crippen molar-refractivity contribution in [1.29, 1.82) is 0 Å². The van der Waals surface area contributed by atoms with Crippen molar-refractivity contribution < 1.29 is 14.6 Å². The normalized spacial score (nSPS) is 19.5. The summed E-state index contributed by atoms with van der Waals surface area (Å²) in [6, 6.07) is 0. The van der Waals surface area contributed by atoms with Crippen LogP contribution in [0.2, 0.25) is 0 Å².